The van der Waals surface area contributed by atoms with Gasteiger partial charge >= 0.3 is 0 Å². The number of aryl methyl sites for hydroxylation is 1. The summed E-state index contributed by atoms with van der Waals surface area (Å²) in [7, 11) is 0. The zero-order valence-electron chi connectivity index (χ0n) is 13.7. The van der Waals surface area contributed by atoms with Crippen LogP contribution < -0.4 is 12.4 Å². The predicted octanol–water partition coefficient (Wildman–Crippen LogP) is 0.610. The van der Waals surface area contributed by atoms with E-state index in [4.69, 9.17) is 11.6 Å². The molecule has 1 aliphatic rings. The van der Waals surface area contributed by atoms with Gasteiger partial charge in [-0.2, -0.15) is 0 Å². The number of carbonyl (C=O) groups is 1. The number of piperazine rings is 1. The highest BCUT2D eigenvalue weighted by Gasteiger charge is 2.22. The first-order valence-corrected chi connectivity index (χ1v) is 8.33. The van der Waals surface area contributed by atoms with Gasteiger partial charge in [-0.3, -0.25) is 9.69 Å². The van der Waals surface area contributed by atoms with Crippen LogP contribution in [-0.4, -0.2) is 41.9 Å². The molecule has 3 rings (SSSR count). The topological polar surface area (TPSA) is 23.6 Å². The summed E-state index contributed by atoms with van der Waals surface area (Å²) >= 11 is 6.04. The number of halogens is 2. The molecule has 5 heteroatoms. The second kappa shape index (κ2) is 8.52. The molecule has 0 spiro atoms. The summed E-state index contributed by atoms with van der Waals surface area (Å²) in [6, 6.07) is 15.8. The van der Waals surface area contributed by atoms with Crippen LogP contribution >= 0.6 is 11.6 Å². The molecule has 0 aromatic heterocycles. The molecule has 0 radical (unpaired) electrons. The van der Waals surface area contributed by atoms with Gasteiger partial charge in [0.2, 0.25) is 0 Å². The summed E-state index contributed by atoms with van der Waals surface area (Å²) in [5.74, 6) is 0.144. The van der Waals surface area contributed by atoms with Crippen LogP contribution in [0, 0.1) is 6.92 Å². The van der Waals surface area contributed by atoms with Crippen molar-refractivity contribution >= 4 is 17.5 Å². The van der Waals surface area contributed by atoms with Crippen molar-refractivity contribution in [3.05, 3.63) is 70.2 Å². The number of hydrogen-bond acceptors (Lipinski definition) is 2. The standard InChI is InChI=1S/C19H21ClN2O.ClH/c1-15-5-2-3-8-18(15)19(23)22-11-9-21(10-12-22)14-16-6-4-7-17(20)13-16;/h2-8,13H,9-12,14H2,1H3;1H/p-1. The van der Waals surface area contributed by atoms with E-state index in [1.54, 1.807) is 0 Å². The lowest BCUT2D eigenvalue weighted by molar-refractivity contribution is -0.0000157. The fraction of sp³-hybridized carbons (Fsp3) is 0.316. The monoisotopic (exact) mass is 363 g/mol. The molecule has 1 fully saturated rings. The maximum atomic E-state index is 12.6. The van der Waals surface area contributed by atoms with Gasteiger partial charge in [-0.05, 0) is 36.2 Å². The molecule has 128 valence electrons. The van der Waals surface area contributed by atoms with Gasteiger partial charge in [-0.1, -0.05) is 41.9 Å². The van der Waals surface area contributed by atoms with Gasteiger partial charge in [0.15, 0.2) is 0 Å². The van der Waals surface area contributed by atoms with Crippen LogP contribution in [0.2, 0.25) is 5.02 Å². The SMILES string of the molecule is Cc1ccccc1C(=O)N1CCN(Cc2cccc(Cl)c2)CC1.[Cl-]. The van der Waals surface area contributed by atoms with Crippen LogP contribution in [0.3, 0.4) is 0 Å². The largest absolute Gasteiger partial charge is 1.00 e. The lowest BCUT2D eigenvalue weighted by atomic mass is 10.1. The molecule has 0 N–H and O–H groups in total. The Morgan fingerprint density at radius 3 is 2.42 bits per heavy atom. The van der Waals surface area contributed by atoms with Crippen LogP contribution in [0.15, 0.2) is 48.5 Å². The minimum absolute atomic E-state index is 0. The van der Waals surface area contributed by atoms with E-state index in [1.807, 2.05) is 54.3 Å². The zero-order valence-corrected chi connectivity index (χ0v) is 15.2. The minimum atomic E-state index is 0. The molecule has 3 nitrogen and oxygen atoms in total. The predicted molar refractivity (Wildman–Crippen MR) is 93.8 cm³/mol. The minimum Gasteiger partial charge on any atom is -1.00 e. The first-order chi connectivity index (χ1) is 11.1. The number of hydrogen-bond donors (Lipinski definition) is 0. The normalized spacial score (nSPS) is 15.0. The van der Waals surface area contributed by atoms with E-state index in [2.05, 4.69) is 11.0 Å². The molecule has 2 aromatic carbocycles. The van der Waals surface area contributed by atoms with Crippen molar-refractivity contribution in [1.82, 2.24) is 9.80 Å². The van der Waals surface area contributed by atoms with Crippen LogP contribution in [0.1, 0.15) is 21.5 Å². The summed E-state index contributed by atoms with van der Waals surface area (Å²) in [6.07, 6.45) is 0. The molecule has 0 saturated carbocycles. The highest BCUT2D eigenvalue weighted by atomic mass is 35.5. The van der Waals surface area contributed by atoms with Crippen molar-refractivity contribution in [3.8, 4) is 0 Å². The number of amides is 1. The third kappa shape index (κ3) is 4.50. The Kier molecular flexibility index (Phi) is 6.67. The Labute approximate surface area is 154 Å². The van der Waals surface area contributed by atoms with E-state index in [0.29, 0.717) is 0 Å². The summed E-state index contributed by atoms with van der Waals surface area (Å²) < 4.78 is 0. The van der Waals surface area contributed by atoms with Crippen molar-refractivity contribution in [1.29, 1.82) is 0 Å². The van der Waals surface area contributed by atoms with Gasteiger partial charge in [0.05, 0.1) is 0 Å². The van der Waals surface area contributed by atoms with Gasteiger partial charge < -0.3 is 17.3 Å². The molecular formula is C19H21Cl2N2O-. The molecule has 24 heavy (non-hydrogen) atoms. The zero-order chi connectivity index (χ0) is 16.2. The Morgan fingerprint density at radius 2 is 1.75 bits per heavy atom. The third-order valence-electron chi connectivity index (χ3n) is 4.33. The molecule has 0 bridgehead atoms. The third-order valence-corrected chi connectivity index (χ3v) is 4.57. The van der Waals surface area contributed by atoms with Gasteiger partial charge in [-0.25, -0.2) is 0 Å². The molecular weight excluding hydrogens is 343 g/mol. The summed E-state index contributed by atoms with van der Waals surface area (Å²) in [5, 5.41) is 0.774. The van der Waals surface area contributed by atoms with Crippen molar-refractivity contribution in [2.75, 3.05) is 26.2 Å². The molecule has 0 aliphatic carbocycles. The van der Waals surface area contributed by atoms with Crippen LogP contribution in [0.5, 0.6) is 0 Å². The van der Waals surface area contributed by atoms with Gasteiger partial charge in [0.1, 0.15) is 0 Å². The smallest absolute Gasteiger partial charge is 0.254 e. The molecule has 1 saturated heterocycles. The summed E-state index contributed by atoms with van der Waals surface area (Å²) in [4.78, 5) is 16.9. The molecule has 0 atom stereocenters. The maximum absolute atomic E-state index is 12.6. The Morgan fingerprint density at radius 1 is 1.04 bits per heavy atom. The second-order valence-electron chi connectivity index (χ2n) is 6.01. The first-order valence-electron chi connectivity index (χ1n) is 7.95. The van der Waals surface area contributed by atoms with E-state index < -0.39 is 0 Å². The molecule has 1 aliphatic heterocycles. The van der Waals surface area contributed by atoms with Crippen molar-refractivity contribution in [2.45, 2.75) is 13.5 Å². The Bertz CT molecular complexity index is 697. The second-order valence-corrected chi connectivity index (χ2v) is 6.45. The number of nitrogens with zero attached hydrogens (tertiary/aromatic N) is 2. The van der Waals surface area contributed by atoms with Crippen molar-refractivity contribution in [2.24, 2.45) is 0 Å². The lowest BCUT2D eigenvalue weighted by Gasteiger charge is -2.35. The number of benzene rings is 2. The van der Waals surface area contributed by atoms with E-state index in [9.17, 15) is 4.79 Å². The van der Waals surface area contributed by atoms with Crippen LogP contribution in [0.25, 0.3) is 0 Å². The lowest BCUT2D eigenvalue weighted by Crippen LogP contribution is -3.00. The van der Waals surface area contributed by atoms with Crippen molar-refractivity contribution < 1.29 is 17.2 Å². The van der Waals surface area contributed by atoms with E-state index in [-0.39, 0.29) is 18.3 Å². The van der Waals surface area contributed by atoms with Crippen LogP contribution in [0.4, 0.5) is 0 Å². The van der Waals surface area contributed by atoms with E-state index in [0.717, 1.165) is 48.9 Å². The molecule has 0 unspecified atom stereocenters. The Balaban J connectivity index is 0.00000208. The summed E-state index contributed by atoms with van der Waals surface area (Å²) in [5.41, 5.74) is 3.07. The van der Waals surface area contributed by atoms with E-state index >= 15 is 0 Å². The highest BCUT2D eigenvalue weighted by Crippen LogP contribution is 2.16. The maximum Gasteiger partial charge on any atom is 0.254 e. The van der Waals surface area contributed by atoms with Crippen molar-refractivity contribution in [3.63, 3.8) is 0 Å². The Hall–Kier alpha value is -1.55. The van der Waals surface area contributed by atoms with Gasteiger partial charge in [-0.15, -0.1) is 0 Å². The first kappa shape index (κ1) is 18.8. The van der Waals surface area contributed by atoms with Crippen LogP contribution in [-0.2, 0) is 6.54 Å². The highest BCUT2D eigenvalue weighted by molar-refractivity contribution is 6.30. The van der Waals surface area contributed by atoms with Gasteiger partial charge in [0, 0.05) is 43.3 Å². The average Bonchev–Trinajstić information content (AvgIpc) is 2.55. The fourth-order valence-corrected chi connectivity index (χ4v) is 3.20. The molecule has 2 aromatic rings. The number of carbonyl (C=O) groups excluding carboxylic acids is 1. The molecule has 1 amide bonds. The summed E-state index contributed by atoms with van der Waals surface area (Å²) in [6.45, 7) is 6.20. The quantitative estimate of drug-likeness (QED) is 0.797. The van der Waals surface area contributed by atoms with Gasteiger partial charge in [0.25, 0.3) is 5.91 Å². The van der Waals surface area contributed by atoms with E-state index in [1.165, 1.54) is 5.56 Å². The fourth-order valence-electron chi connectivity index (χ4n) is 2.99. The number of rotatable bonds is 3. The average molecular weight is 364 g/mol. The molecule has 1 heterocycles.